The van der Waals surface area contributed by atoms with E-state index < -0.39 is 0 Å². The molecule has 3 rings (SSSR count). The van der Waals surface area contributed by atoms with Gasteiger partial charge in [-0.3, -0.25) is 9.78 Å². The number of nitrogens with zero attached hydrogens (tertiary/aromatic N) is 2. The van der Waals surface area contributed by atoms with Crippen LogP contribution in [-0.4, -0.2) is 42.0 Å². The quantitative estimate of drug-likeness (QED) is 0.902. The molecule has 24 heavy (non-hydrogen) atoms. The minimum absolute atomic E-state index is 0. The van der Waals surface area contributed by atoms with Crippen LogP contribution in [0.5, 0.6) is 5.75 Å². The standard InChI is InChI=1S/C18H21N3O2.ClH/c22-18(8-12-23-16-6-2-1-3-7-16)21-11-10-20-14-17(21)15-5-4-9-19-13-15;/h1-7,9,13,17,20H,8,10-12,14H2;1H. The molecule has 1 aliphatic heterocycles. The topological polar surface area (TPSA) is 54.5 Å². The van der Waals surface area contributed by atoms with E-state index in [0.717, 1.165) is 24.4 Å². The van der Waals surface area contributed by atoms with Gasteiger partial charge >= 0.3 is 0 Å². The van der Waals surface area contributed by atoms with E-state index in [2.05, 4.69) is 10.3 Å². The normalized spacial score (nSPS) is 17.0. The van der Waals surface area contributed by atoms with Gasteiger partial charge in [-0.2, -0.15) is 0 Å². The lowest BCUT2D eigenvalue weighted by atomic mass is 10.0. The zero-order valence-corrected chi connectivity index (χ0v) is 14.2. The van der Waals surface area contributed by atoms with Crippen LogP contribution >= 0.6 is 12.4 Å². The Balaban J connectivity index is 0.00000208. The zero-order chi connectivity index (χ0) is 15.9. The summed E-state index contributed by atoms with van der Waals surface area (Å²) in [6.07, 6.45) is 3.96. The number of hydrogen-bond donors (Lipinski definition) is 1. The van der Waals surface area contributed by atoms with Crippen molar-refractivity contribution in [2.45, 2.75) is 12.5 Å². The minimum atomic E-state index is 0. The minimum Gasteiger partial charge on any atom is -0.493 e. The molecule has 0 radical (unpaired) electrons. The number of ether oxygens (including phenoxy) is 1. The molecule has 1 aromatic heterocycles. The van der Waals surface area contributed by atoms with Crippen molar-refractivity contribution >= 4 is 18.3 Å². The third-order valence-electron chi connectivity index (χ3n) is 3.96. The molecule has 5 nitrogen and oxygen atoms in total. The van der Waals surface area contributed by atoms with Crippen molar-refractivity contribution in [1.82, 2.24) is 15.2 Å². The number of aromatic nitrogens is 1. The van der Waals surface area contributed by atoms with Crippen molar-refractivity contribution in [2.75, 3.05) is 26.2 Å². The predicted molar refractivity (Wildman–Crippen MR) is 95.4 cm³/mol. The zero-order valence-electron chi connectivity index (χ0n) is 13.4. The second kappa shape index (κ2) is 9.25. The van der Waals surface area contributed by atoms with Crippen LogP contribution < -0.4 is 10.1 Å². The third kappa shape index (κ3) is 4.69. The van der Waals surface area contributed by atoms with Crippen molar-refractivity contribution in [3.8, 4) is 5.75 Å². The van der Waals surface area contributed by atoms with Gasteiger partial charge in [0, 0.05) is 32.0 Å². The number of carbonyl (C=O) groups is 1. The second-order valence-electron chi connectivity index (χ2n) is 5.50. The maximum atomic E-state index is 12.6. The number of halogens is 1. The first kappa shape index (κ1) is 18.2. The fourth-order valence-corrected chi connectivity index (χ4v) is 2.79. The molecule has 0 bridgehead atoms. The lowest BCUT2D eigenvalue weighted by Crippen LogP contribution is -2.49. The number of amides is 1. The highest BCUT2D eigenvalue weighted by Gasteiger charge is 2.27. The van der Waals surface area contributed by atoms with Gasteiger partial charge in [0.25, 0.3) is 0 Å². The summed E-state index contributed by atoms with van der Waals surface area (Å²) < 4.78 is 5.63. The summed E-state index contributed by atoms with van der Waals surface area (Å²) in [6, 6.07) is 13.6. The number of pyridine rings is 1. The molecule has 0 spiro atoms. The van der Waals surface area contributed by atoms with E-state index in [4.69, 9.17) is 4.74 Å². The first-order valence-corrected chi connectivity index (χ1v) is 7.92. The fraction of sp³-hybridized carbons (Fsp3) is 0.333. The Kier molecular flexibility index (Phi) is 7.03. The average molecular weight is 348 g/mol. The predicted octanol–water partition coefficient (Wildman–Crippen LogP) is 2.45. The lowest BCUT2D eigenvalue weighted by molar-refractivity contribution is -0.135. The molecule has 128 valence electrons. The molecular formula is C18H22ClN3O2. The van der Waals surface area contributed by atoms with Crippen LogP contribution in [0.3, 0.4) is 0 Å². The Morgan fingerprint density at radius 1 is 1.25 bits per heavy atom. The number of rotatable bonds is 5. The van der Waals surface area contributed by atoms with Crippen molar-refractivity contribution in [2.24, 2.45) is 0 Å². The third-order valence-corrected chi connectivity index (χ3v) is 3.96. The Morgan fingerprint density at radius 2 is 2.08 bits per heavy atom. The molecule has 1 unspecified atom stereocenters. The van der Waals surface area contributed by atoms with Crippen molar-refractivity contribution in [3.63, 3.8) is 0 Å². The summed E-state index contributed by atoms with van der Waals surface area (Å²) in [7, 11) is 0. The van der Waals surface area contributed by atoms with Crippen LogP contribution in [0.4, 0.5) is 0 Å². The SMILES string of the molecule is Cl.O=C(CCOc1ccccc1)N1CCNCC1c1cccnc1. The van der Waals surface area contributed by atoms with Crippen molar-refractivity contribution in [3.05, 3.63) is 60.4 Å². The van der Waals surface area contributed by atoms with Crippen molar-refractivity contribution in [1.29, 1.82) is 0 Å². The van der Waals surface area contributed by atoms with Crippen LogP contribution in [0, 0.1) is 0 Å². The summed E-state index contributed by atoms with van der Waals surface area (Å²) in [5, 5.41) is 3.35. The Morgan fingerprint density at radius 3 is 2.83 bits per heavy atom. The van der Waals surface area contributed by atoms with Crippen LogP contribution in [-0.2, 0) is 4.79 Å². The summed E-state index contributed by atoms with van der Waals surface area (Å²) in [4.78, 5) is 18.7. The molecule has 1 amide bonds. The lowest BCUT2D eigenvalue weighted by Gasteiger charge is -2.36. The van der Waals surface area contributed by atoms with E-state index in [-0.39, 0.29) is 24.4 Å². The number of benzene rings is 1. The average Bonchev–Trinajstić information content (AvgIpc) is 2.63. The van der Waals surface area contributed by atoms with Gasteiger partial charge < -0.3 is 15.0 Å². The molecule has 1 N–H and O–H groups in total. The molecule has 0 aliphatic carbocycles. The van der Waals surface area contributed by atoms with Crippen LogP contribution in [0.1, 0.15) is 18.0 Å². The molecule has 2 aromatic rings. The van der Waals surface area contributed by atoms with Crippen LogP contribution in [0.15, 0.2) is 54.9 Å². The van der Waals surface area contributed by atoms with Crippen LogP contribution in [0.2, 0.25) is 0 Å². The van der Waals surface area contributed by atoms with Gasteiger partial charge in [-0.15, -0.1) is 12.4 Å². The van der Waals surface area contributed by atoms with E-state index in [1.54, 1.807) is 6.20 Å². The van der Waals surface area contributed by atoms with E-state index in [1.807, 2.05) is 53.6 Å². The van der Waals surface area contributed by atoms with Crippen LogP contribution in [0.25, 0.3) is 0 Å². The van der Waals surface area contributed by atoms with E-state index >= 15 is 0 Å². The smallest absolute Gasteiger partial charge is 0.226 e. The Hall–Kier alpha value is -2.11. The van der Waals surface area contributed by atoms with Gasteiger partial charge in [0.2, 0.25) is 5.91 Å². The summed E-state index contributed by atoms with van der Waals surface area (Å²) >= 11 is 0. The van der Waals surface area contributed by atoms with Gasteiger partial charge in [0.15, 0.2) is 0 Å². The van der Waals surface area contributed by atoms with E-state index in [0.29, 0.717) is 19.6 Å². The largest absolute Gasteiger partial charge is 0.493 e. The summed E-state index contributed by atoms with van der Waals surface area (Å²) in [5.41, 5.74) is 1.07. The molecule has 2 heterocycles. The molecule has 1 atom stereocenters. The van der Waals surface area contributed by atoms with E-state index in [9.17, 15) is 4.79 Å². The highest BCUT2D eigenvalue weighted by Crippen LogP contribution is 2.22. The molecule has 1 fully saturated rings. The molecule has 1 saturated heterocycles. The van der Waals surface area contributed by atoms with Gasteiger partial charge in [-0.05, 0) is 23.8 Å². The molecule has 0 saturated carbocycles. The highest BCUT2D eigenvalue weighted by molar-refractivity contribution is 5.85. The maximum absolute atomic E-state index is 12.6. The number of carbonyl (C=O) groups excluding carboxylic acids is 1. The summed E-state index contributed by atoms with van der Waals surface area (Å²) in [6.45, 7) is 2.69. The number of nitrogens with one attached hydrogen (secondary N) is 1. The van der Waals surface area contributed by atoms with E-state index in [1.165, 1.54) is 0 Å². The fourth-order valence-electron chi connectivity index (χ4n) is 2.79. The molecular weight excluding hydrogens is 326 g/mol. The monoisotopic (exact) mass is 347 g/mol. The maximum Gasteiger partial charge on any atom is 0.226 e. The second-order valence-corrected chi connectivity index (χ2v) is 5.50. The number of piperazine rings is 1. The number of hydrogen-bond acceptors (Lipinski definition) is 4. The molecule has 6 heteroatoms. The Bertz CT molecular complexity index is 625. The first-order valence-electron chi connectivity index (χ1n) is 7.92. The van der Waals surface area contributed by atoms with Gasteiger partial charge in [-0.1, -0.05) is 24.3 Å². The number of para-hydroxylation sites is 1. The molecule has 1 aromatic carbocycles. The first-order chi connectivity index (χ1) is 11.3. The highest BCUT2D eigenvalue weighted by atomic mass is 35.5. The van der Waals surface area contributed by atoms with Crippen molar-refractivity contribution < 1.29 is 9.53 Å². The van der Waals surface area contributed by atoms with Gasteiger partial charge in [0.05, 0.1) is 19.1 Å². The molecule has 1 aliphatic rings. The summed E-state index contributed by atoms with van der Waals surface area (Å²) in [5.74, 6) is 0.917. The van der Waals surface area contributed by atoms with Gasteiger partial charge in [0.1, 0.15) is 5.75 Å². The van der Waals surface area contributed by atoms with Gasteiger partial charge in [-0.25, -0.2) is 0 Å². The Labute approximate surface area is 148 Å².